The van der Waals surface area contributed by atoms with Crippen LogP contribution in [0.2, 0.25) is 5.02 Å². The van der Waals surface area contributed by atoms with Gasteiger partial charge in [0.05, 0.1) is 11.5 Å². The number of nitrogens with one attached hydrogen (secondary N) is 1. The summed E-state index contributed by atoms with van der Waals surface area (Å²) in [5.74, 6) is 0. The highest BCUT2D eigenvalue weighted by molar-refractivity contribution is 6.32. The summed E-state index contributed by atoms with van der Waals surface area (Å²) in [5.41, 5.74) is 0.0133. The van der Waals surface area contributed by atoms with Gasteiger partial charge in [0.15, 0.2) is 6.23 Å². The molecule has 20 heavy (non-hydrogen) atoms. The van der Waals surface area contributed by atoms with Crippen LogP contribution in [-0.2, 0) is 4.74 Å². The molecule has 0 spiro atoms. The summed E-state index contributed by atoms with van der Waals surface area (Å²) in [5, 5.41) is 41.7. The van der Waals surface area contributed by atoms with E-state index in [1.165, 1.54) is 18.2 Å². The highest BCUT2D eigenvalue weighted by atomic mass is 35.5. The Kier molecular flexibility index (Phi) is 4.41. The van der Waals surface area contributed by atoms with Crippen LogP contribution < -0.4 is 5.32 Å². The lowest BCUT2D eigenvalue weighted by atomic mass is 10.1. The molecule has 1 aliphatic rings. The maximum absolute atomic E-state index is 10.8. The highest BCUT2D eigenvalue weighted by Gasteiger charge is 2.42. The van der Waals surface area contributed by atoms with E-state index < -0.39 is 36.1 Å². The van der Waals surface area contributed by atoms with E-state index >= 15 is 0 Å². The normalized spacial score (nSPS) is 29.4. The number of ether oxygens (including phenoxy) is 1. The van der Waals surface area contributed by atoms with Gasteiger partial charge in [-0.3, -0.25) is 10.1 Å². The molecule has 4 atom stereocenters. The number of aliphatic hydroxyl groups excluding tert-OH is 3. The first-order valence-corrected chi connectivity index (χ1v) is 6.14. The first-order chi connectivity index (χ1) is 9.43. The molecule has 4 N–H and O–H groups in total. The summed E-state index contributed by atoms with van der Waals surface area (Å²) in [6, 6.07) is 4.00. The van der Waals surface area contributed by atoms with Crippen LogP contribution in [0.15, 0.2) is 18.2 Å². The molecule has 0 unspecified atom stereocenters. The van der Waals surface area contributed by atoms with Crippen LogP contribution in [0, 0.1) is 10.1 Å². The molecule has 0 bridgehead atoms. The van der Waals surface area contributed by atoms with Gasteiger partial charge in [0, 0.05) is 11.8 Å². The standard InChI is InChI=1S/C11H13ClN2O6/c12-6-2-1-5(3-7(6)14(18)19)13-11-10(17)9(16)8(4-15)20-11/h1-3,8-11,13,15-17H,4H2/t8-,9+,10+,11+/m0/s1. The quantitative estimate of drug-likeness (QED) is 0.459. The van der Waals surface area contributed by atoms with Crippen LogP contribution in [-0.4, -0.2) is 51.4 Å². The summed E-state index contributed by atoms with van der Waals surface area (Å²) in [4.78, 5) is 10.1. The molecule has 1 heterocycles. The zero-order valence-electron chi connectivity index (χ0n) is 10.1. The number of rotatable bonds is 4. The van der Waals surface area contributed by atoms with Crippen LogP contribution in [0.25, 0.3) is 0 Å². The SMILES string of the molecule is O=[N+]([O-])c1cc(N[C@@H]2O[C@@H](CO)[C@@H](O)[C@H]2O)ccc1Cl. The second-order valence-corrected chi connectivity index (χ2v) is 4.73. The number of nitro benzene ring substituents is 1. The van der Waals surface area contributed by atoms with Crippen molar-refractivity contribution in [3.05, 3.63) is 33.3 Å². The van der Waals surface area contributed by atoms with Gasteiger partial charge in [-0.2, -0.15) is 0 Å². The molecule has 1 saturated heterocycles. The third-order valence-corrected chi connectivity index (χ3v) is 3.31. The zero-order chi connectivity index (χ0) is 14.9. The van der Waals surface area contributed by atoms with Gasteiger partial charge in [0.25, 0.3) is 5.69 Å². The monoisotopic (exact) mass is 304 g/mol. The van der Waals surface area contributed by atoms with E-state index in [1.807, 2.05) is 0 Å². The van der Waals surface area contributed by atoms with Crippen molar-refractivity contribution in [2.75, 3.05) is 11.9 Å². The topological polar surface area (TPSA) is 125 Å². The van der Waals surface area contributed by atoms with Crippen LogP contribution in [0.1, 0.15) is 0 Å². The van der Waals surface area contributed by atoms with Crippen LogP contribution in [0.3, 0.4) is 0 Å². The molecule has 1 aliphatic heterocycles. The molecule has 0 amide bonds. The molecule has 0 aromatic heterocycles. The van der Waals surface area contributed by atoms with Crippen molar-refractivity contribution < 1.29 is 25.0 Å². The smallest absolute Gasteiger partial charge is 0.289 e. The molecule has 8 nitrogen and oxygen atoms in total. The summed E-state index contributed by atoms with van der Waals surface area (Å²) >= 11 is 5.68. The molecule has 9 heteroatoms. The number of halogens is 1. The van der Waals surface area contributed by atoms with E-state index in [1.54, 1.807) is 0 Å². The van der Waals surface area contributed by atoms with E-state index in [-0.39, 0.29) is 10.7 Å². The number of nitro groups is 1. The van der Waals surface area contributed by atoms with Crippen molar-refractivity contribution in [2.24, 2.45) is 0 Å². The minimum absolute atomic E-state index is 0.0123. The van der Waals surface area contributed by atoms with Crippen molar-refractivity contribution in [3.8, 4) is 0 Å². The van der Waals surface area contributed by atoms with Gasteiger partial charge in [0.2, 0.25) is 0 Å². The molecule has 0 saturated carbocycles. The van der Waals surface area contributed by atoms with Crippen LogP contribution in [0.5, 0.6) is 0 Å². The number of nitrogens with zero attached hydrogens (tertiary/aromatic N) is 1. The molecule has 1 fully saturated rings. The number of aliphatic hydroxyl groups is 3. The molecular formula is C11H13ClN2O6. The third kappa shape index (κ3) is 2.84. The minimum Gasteiger partial charge on any atom is -0.394 e. The van der Waals surface area contributed by atoms with Crippen molar-refractivity contribution >= 4 is 23.0 Å². The molecule has 0 radical (unpaired) electrons. The Balaban J connectivity index is 2.15. The van der Waals surface area contributed by atoms with E-state index in [0.717, 1.165) is 0 Å². The van der Waals surface area contributed by atoms with Gasteiger partial charge in [-0.15, -0.1) is 0 Å². The van der Waals surface area contributed by atoms with E-state index in [4.69, 9.17) is 21.4 Å². The van der Waals surface area contributed by atoms with Crippen molar-refractivity contribution in [3.63, 3.8) is 0 Å². The lowest BCUT2D eigenvalue weighted by Gasteiger charge is -2.17. The Morgan fingerprint density at radius 2 is 2.10 bits per heavy atom. The maximum Gasteiger partial charge on any atom is 0.289 e. The predicted molar refractivity (Wildman–Crippen MR) is 69.5 cm³/mol. The number of hydrogen-bond acceptors (Lipinski definition) is 7. The summed E-state index contributed by atoms with van der Waals surface area (Å²) in [6.07, 6.45) is -4.39. The van der Waals surface area contributed by atoms with Gasteiger partial charge in [-0.1, -0.05) is 11.6 Å². The first kappa shape index (κ1) is 14.9. The average molecular weight is 305 g/mol. The zero-order valence-corrected chi connectivity index (χ0v) is 10.9. The van der Waals surface area contributed by atoms with Gasteiger partial charge in [-0.05, 0) is 12.1 Å². The van der Waals surface area contributed by atoms with Crippen LogP contribution >= 0.6 is 11.6 Å². The van der Waals surface area contributed by atoms with Gasteiger partial charge >= 0.3 is 0 Å². The van der Waals surface area contributed by atoms with Crippen LogP contribution in [0.4, 0.5) is 11.4 Å². The van der Waals surface area contributed by atoms with Crippen molar-refractivity contribution in [2.45, 2.75) is 24.5 Å². The average Bonchev–Trinajstić information content (AvgIpc) is 2.68. The summed E-state index contributed by atoms with van der Waals surface area (Å²) in [7, 11) is 0. The second kappa shape index (κ2) is 5.90. The van der Waals surface area contributed by atoms with E-state index in [0.29, 0.717) is 5.69 Å². The molecule has 1 aromatic rings. The van der Waals surface area contributed by atoms with Gasteiger partial charge in [-0.25, -0.2) is 0 Å². The Bertz CT molecular complexity index is 514. The molecule has 1 aromatic carbocycles. The fourth-order valence-corrected chi connectivity index (χ4v) is 2.11. The third-order valence-electron chi connectivity index (χ3n) is 2.99. The maximum atomic E-state index is 10.8. The molecule has 110 valence electrons. The Morgan fingerprint density at radius 1 is 1.40 bits per heavy atom. The fourth-order valence-electron chi connectivity index (χ4n) is 1.93. The molecule has 0 aliphatic carbocycles. The minimum atomic E-state index is -1.26. The van der Waals surface area contributed by atoms with E-state index in [9.17, 15) is 20.3 Å². The second-order valence-electron chi connectivity index (χ2n) is 4.33. The Hall–Kier alpha value is -1.45. The summed E-state index contributed by atoms with van der Waals surface area (Å²) in [6.45, 7) is -0.447. The van der Waals surface area contributed by atoms with Gasteiger partial charge in [0.1, 0.15) is 23.3 Å². The largest absolute Gasteiger partial charge is 0.394 e. The first-order valence-electron chi connectivity index (χ1n) is 5.77. The Labute approximate surface area is 118 Å². The lowest BCUT2D eigenvalue weighted by Crippen LogP contribution is -2.36. The number of benzene rings is 1. The van der Waals surface area contributed by atoms with Crippen molar-refractivity contribution in [1.82, 2.24) is 0 Å². The fraction of sp³-hybridized carbons (Fsp3) is 0.455. The highest BCUT2D eigenvalue weighted by Crippen LogP contribution is 2.29. The lowest BCUT2D eigenvalue weighted by molar-refractivity contribution is -0.384. The Morgan fingerprint density at radius 3 is 2.65 bits per heavy atom. The molecule has 2 rings (SSSR count). The van der Waals surface area contributed by atoms with Crippen molar-refractivity contribution in [1.29, 1.82) is 0 Å². The molecular weight excluding hydrogens is 292 g/mol. The van der Waals surface area contributed by atoms with Gasteiger partial charge < -0.3 is 25.4 Å². The predicted octanol–water partition coefficient (Wildman–Crippen LogP) is 0.0991. The van der Waals surface area contributed by atoms with E-state index in [2.05, 4.69) is 5.32 Å². The number of anilines is 1. The summed E-state index contributed by atoms with van der Waals surface area (Å²) < 4.78 is 5.21. The number of hydrogen-bond donors (Lipinski definition) is 4.